The van der Waals surface area contributed by atoms with Gasteiger partial charge >= 0.3 is 5.97 Å². The number of esters is 1. The lowest BCUT2D eigenvalue weighted by Crippen LogP contribution is -2.32. The van der Waals surface area contributed by atoms with Gasteiger partial charge in [-0.1, -0.05) is 6.07 Å². The first-order valence-corrected chi connectivity index (χ1v) is 8.85. The summed E-state index contributed by atoms with van der Waals surface area (Å²) in [7, 11) is 0. The molecule has 1 atom stereocenters. The van der Waals surface area contributed by atoms with Crippen molar-refractivity contribution in [3.8, 4) is 5.75 Å². The molecule has 1 aromatic rings. The Morgan fingerprint density at radius 2 is 2.07 bits per heavy atom. The smallest absolute Gasteiger partial charge is 0.332 e. The zero-order valence-electron chi connectivity index (χ0n) is 15.8. The molecule has 0 aliphatic rings. The quantitative estimate of drug-likeness (QED) is 0.155. The topological polar surface area (TPSA) is 138 Å². The SMILES string of the molecule is CCOC(=O)COCCOC(N)COc1cccc(C(=O)NCCNC=O)c1. The third kappa shape index (κ3) is 10.5. The van der Waals surface area contributed by atoms with Gasteiger partial charge in [-0.15, -0.1) is 0 Å². The fraction of sp³-hybridized carbons (Fsp3) is 0.500. The maximum atomic E-state index is 12.0. The van der Waals surface area contributed by atoms with Crippen molar-refractivity contribution < 1.29 is 33.3 Å². The van der Waals surface area contributed by atoms with Crippen LogP contribution >= 0.6 is 0 Å². The molecule has 1 rings (SSSR count). The number of nitrogens with two attached hydrogens (primary N) is 1. The molecule has 0 saturated carbocycles. The molecule has 1 aromatic carbocycles. The van der Waals surface area contributed by atoms with E-state index in [1.165, 1.54) is 0 Å². The summed E-state index contributed by atoms with van der Waals surface area (Å²) in [6, 6.07) is 6.60. The van der Waals surface area contributed by atoms with Gasteiger partial charge in [0.25, 0.3) is 5.91 Å². The van der Waals surface area contributed by atoms with Crippen molar-refractivity contribution in [1.29, 1.82) is 0 Å². The largest absolute Gasteiger partial charge is 0.489 e. The summed E-state index contributed by atoms with van der Waals surface area (Å²) in [5.41, 5.74) is 6.22. The van der Waals surface area contributed by atoms with Crippen molar-refractivity contribution in [3.63, 3.8) is 0 Å². The van der Waals surface area contributed by atoms with E-state index in [4.69, 9.17) is 24.7 Å². The van der Waals surface area contributed by atoms with Crippen LogP contribution in [0.5, 0.6) is 5.75 Å². The van der Waals surface area contributed by atoms with Gasteiger partial charge in [0.15, 0.2) is 0 Å². The van der Waals surface area contributed by atoms with Gasteiger partial charge in [0.2, 0.25) is 6.41 Å². The Morgan fingerprint density at radius 3 is 2.82 bits per heavy atom. The molecule has 0 saturated heterocycles. The Balaban J connectivity index is 2.25. The van der Waals surface area contributed by atoms with Crippen molar-refractivity contribution in [2.75, 3.05) is 46.1 Å². The molecule has 0 bridgehead atoms. The van der Waals surface area contributed by atoms with Crippen molar-refractivity contribution in [2.24, 2.45) is 5.73 Å². The standard InChI is InChI=1S/C18H27N3O7/c1-2-26-17(23)12-25-8-9-27-16(19)11-28-15-5-3-4-14(10-15)18(24)21-7-6-20-13-22/h3-5,10,13,16H,2,6-9,11-12,19H2,1H3,(H,20,22)(H,21,24). The molecular weight excluding hydrogens is 370 g/mol. The van der Waals surface area contributed by atoms with Crippen LogP contribution in [0.15, 0.2) is 24.3 Å². The highest BCUT2D eigenvalue weighted by Gasteiger charge is 2.08. The van der Waals surface area contributed by atoms with Crippen LogP contribution < -0.4 is 21.1 Å². The molecular formula is C18H27N3O7. The second-order valence-electron chi connectivity index (χ2n) is 5.43. The average Bonchev–Trinajstić information content (AvgIpc) is 2.69. The molecule has 10 heteroatoms. The zero-order valence-corrected chi connectivity index (χ0v) is 15.8. The van der Waals surface area contributed by atoms with Gasteiger partial charge in [0.05, 0.1) is 19.8 Å². The van der Waals surface area contributed by atoms with Gasteiger partial charge in [-0.05, 0) is 25.1 Å². The fourth-order valence-electron chi connectivity index (χ4n) is 1.98. The molecule has 4 N–H and O–H groups in total. The number of hydrogen-bond donors (Lipinski definition) is 3. The van der Waals surface area contributed by atoms with E-state index < -0.39 is 12.2 Å². The van der Waals surface area contributed by atoms with Crippen LogP contribution in [0.25, 0.3) is 0 Å². The molecule has 156 valence electrons. The highest BCUT2D eigenvalue weighted by Crippen LogP contribution is 2.13. The second kappa shape index (κ2) is 14.4. The summed E-state index contributed by atoms with van der Waals surface area (Å²) >= 11 is 0. The predicted molar refractivity (Wildman–Crippen MR) is 99.7 cm³/mol. The van der Waals surface area contributed by atoms with Crippen molar-refractivity contribution in [3.05, 3.63) is 29.8 Å². The van der Waals surface area contributed by atoms with E-state index in [2.05, 4.69) is 10.6 Å². The van der Waals surface area contributed by atoms with Crippen LogP contribution in [-0.2, 0) is 23.8 Å². The molecule has 0 radical (unpaired) electrons. The van der Waals surface area contributed by atoms with Gasteiger partial charge in [0.1, 0.15) is 25.2 Å². The molecule has 10 nitrogen and oxygen atoms in total. The summed E-state index contributed by atoms with van der Waals surface area (Å²) in [4.78, 5) is 33.2. The average molecular weight is 397 g/mol. The van der Waals surface area contributed by atoms with Gasteiger partial charge in [-0.25, -0.2) is 4.79 Å². The Kier molecular flexibility index (Phi) is 12.0. The predicted octanol–water partition coefficient (Wildman–Crippen LogP) is -0.578. The zero-order chi connectivity index (χ0) is 20.6. The Labute approximate surface area is 163 Å². The monoisotopic (exact) mass is 397 g/mol. The van der Waals surface area contributed by atoms with Gasteiger partial charge < -0.3 is 35.3 Å². The van der Waals surface area contributed by atoms with E-state index in [1.807, 2.05) is 0 Å². The molecule has 0 fully saturated rings. The van der Waals surface area contributed by atoms with Gasteiger partial charge in [-0.3, -0.25) is 9.59 Å². The molecule has 0 aromatic heterocycles. The number of amides is 2. The third-order valence-corrected chi connectivity index (χ3v) is 3.23. The number of ether oxygens (including phenoxy) is 4. The van der Waals surface area contributed by atoms with Crippen molar-refractivity contribution in [1.82, 2.24) is 10.6 Å². The summed E-state index contributed by atoms with van der Waals surface area (Å²) in [6.45, 7) is 3.02. The Morgan fingerprint density at radius 1 is 1.25 bits per heavy atom. The Bertz CT molecular complexity index is 613. The van der Waals surface area contributed by atoms with Crippen LogP contribution in [0.3, 0.4) is 0 Å². The van der Waals surface area contributed by atoms with E-state index in [0.717, 1.165) is 0 Å². The summed E-state index contributed by atoms with van der Waals surface area (Å²) < 4.78 is 20.7. The fourth-order valence-corrected chi connectivity index (χ4v) is 1.98. The van der Waals surface area contributed by atoms with E-state index in [9.17, 15) is 14.4 Å². The molecule has 0 aliphatic carbocycles. The molecule has 0 spiro atoms. The summed E-state index contributed by atoms with van der Waals surface area (Å²) in [6.07, 6.45) is -0.128. The number of carbonyl (C=O) groups is 3. The first-order chi connectivity index (χ1) is 13.6. The maximum Gasteiger partial charge on any atom is 0.332 e. The molecule has 0 aliphatic heterocycles. The number of hydrogen-bond acceptors (Lipinski definition) is 8. The minimum atomic E-state index is -0.696. The van der Waals surface area contributed by atoms with E-state index in [-0.39, 0.29) is 32.3 Å². The van der Waals surface area contributed by atoms with E-state index in [0.29, 0.717) is 37.4 Å². The third-order valence-electron chi connectivity index (χ3n) is 3.23. The van der Waals surface area contributed by atoms with Gasteiger partial charge in [0, 0.05) is 18.7 Å². The van der Waals surface area contributed by atoms with Crippen molar-refractivity contribution >= 4 is 18.3 Å². The van der Waals surface area contributed by atoms with E-state index >= 15 is 0 Å². The first kappa shape index (κ1) is 23.3. The van der Waals surface area contributed by atoms with Crippen molar-refractivity contribution in [2.45, 2.75) is 13.2 Å². The highest BCUT2D eigenvalue weighted by atomic mass is 16.6. The number of rotatable bonds is 15. The van der Waals surface area contributed by atoms with E-state index in [1.54, 1.807) is 31.2 Å². The summed E-state index contributed by atoms with van der Waals surface area (Å²) in [5, 5.41) is 5.12. The lowest BCUT2D eigenvalue weighted by Gasteiger charge is -2.15. The lowest BCUT2D eigenvalue weighted by molar-refractivity contribution is -0.149. The van der Waals surface area contributed by atoms with Crippen LogP contribution in [0, 0.1) is 0 Å². The van der Waals surface area contributed by atoms with Gasteiger partial charge in [-0.2, -0.15) is 0 Å². The van der Waals surface area contributed by atoms with Crippen LogP contribution in [0.1, 0.15) is 17.3 Å². The number of benzene rings is 1. The minimum absolute atomic E-state index is 0.0756. The summed E-state index contributed by atoms with van der Waals surface area (Å²) in [5.74, 6) is -0.243. The lowest BCUT2D eigenvalue weighted by atomic mass is 10.2. The second-order valence-corrected chi connectivity index (χ2v) is 5.43. The highest BCUT2D eigenvalue weighted by molar-refractivity contribution is 5.94. The molecule has 1 unspecified atom stereocenters. The Hall–Kier alpha value is -2.69. The molecule has 0 heterocycles. The maximum absolute atomic E-state index is 12.0. The normalized spacial score (nSPS) is 11.4. The minimum Gasteiger partial charge on any atom is -0.489 e. The van der Waals surface area contributed by atoms with Crippen LogP contribution in [0.2, 0.25) is 0 Å². The number of nitrogens with one attached hydrogen (secondary N) is 2. The van der Waals surface area contributed by atoms with Crippen LogP contribution in [-0.4, -0.2) is 70.6 Å². The first-order valence-electron chi connectivity index (χ1n) is 8.85. The number of carbonyl (C=O) groups excluding carboxylic acids is 3. The molecule has 2 amide bonds. The van der Waals surface area contributed by atoms with Crippen LogP contribution in [0.4, 0.5) is 0 Å². The molecule has 28 heavy (non-hydrogen) atoms.